The number of Topliss-reactive ketones (excluding diaryl/α,β-unsaturated/α-hetero) is 1. The lowest BCUT2D eigenvalue weighted by atomic mass is 9.85. The summed E-state index contributed by atoms with van der Waals surface area (Å²) >= 11 is 0. The number of ketones is 1. The van der Waals surface area contributed by atoms with Crippen molar-refractivity contribution in [3.63, 3.8) is 0 Å². The third-order valence-electron chi connectivity index (χ3n) is 4.87. The van der Waals surface area contributed by atoms with Gasteiger partial charge in [-0.3, -0.25) is 10.2 Å². The fourth-order valence-electron chi connectivity index (χ4n) is 3.22. The number of aromatic nitrogens is 4. The van der Waals surface area contributed by atoms with E-state index >= 15 is 0 Å². The Morgan fingerprint density at radius 3 is 2.42 bits per heavy atom. The van der Waals surface area contributed by atoms with Crippen molar-refractivity contribution in [1.29, 1.82) is 5.41 Å². The van der Waals surface area contributed by atoms with Crippen molar-refractivity contribution in [2.75, 3.05) is 26.4 Å². The molecule has 0 saturated carbocycles. The van der Waals surface area contributed by atoms with Gasteiger partial charge in [0, 0.05) is 11.6 Å². The molecule has 1 aromatic carbocycles. The Balaban J connectivity index is 2.00. The number of benzene rings is 1. The van der Waals surface area contributed by atoms with Crippen LogP contribution in [0.1, 0.15) is 50.5 Å². The first-order valence-electron chi connectivity index (χ1n) is 10.9. The van der Waals surface area contributed by atoms with Crippen LogP contribution < -0.4 is 19.8 Å². The van der Waals surface area contributed by atoms with Crippen LogP contribution in [0.4, 0.5) is 0 Å². The Kier molecular flexibility index (Phi) is 7.37. The summed E-state index contributed by atoms with van der Waals surface area (Å²) < 4.78 is 19.3. The maximum Gasteiger partial charge on any atom is 0.242 e. The average Bonchev–Trinajstić information content (AvgIpc) is 3.07. The second-order valence-corrected chi connectivity index (χ2v) is 8.42. The molecule has 2 heterocycles. The van der Waals surface area contributed by atoms with E-state index in [1.54, 1.807) is 12.1 Å². The Hall–Kier alpha value is -3.40. The monoisotopic (exact) mass is 457 g/mol. The van der Waals surface area contributed by atoms with Crippen LogP contribution in [0.15, 0.2) is 24.3 Å². The number of hydrogen-bond acceptors (Lipinski definition) is 8. The zero-order chi connectivity index (χ0) is 24.2. The van der Waals surface area contributed by atoms with E-state index in [1.165, 1.54) is 9.20 Å². The lowest BCUT2D eigenvalue weighted by Gasteiger charge is -2.21. The normalized spacial score (nSPS) is 11.6. The largest absolute Gasteiger partial charge is 0.491 e. The molecule has 0 radical (unpaired) electrons. The predicted molar refractivity (Wildman–Crippen MR) is 121 cm³/mol. The van der Waals surface area contributed by atoms with Gasteiger partial charge in [0.1, 0.15) is 18.9 Å². The quantitative estimate of drug-likeness (QED) is 0.448. The molecule has 2 aromatic heterocycles. The minimum Gasteiger partial charge on any atom is -0.491 e. The summed E-state index contributed by atoms with van der Waals surface area (Å²) in [6.45, 7) is 10.5. The fraction of sp³-hybridized carbons (Fsp3) is 0.478. The minimum absolute atomic E-state index is 0.0791. The molecule has 0 saturated heterocycles. The van der Waals surface area contributed by atoms with Crippen molar-refractivity contribution < 1.29 is 24.1 Å². The van der Waals surface area contributed by atoms with Gasteiger partial charge in [-0.2, -0.15) is 4.52 Å². The van der Waals surface area contributed by atoms with Crippen molar-refractivity contribution >= 4 is 11.4 Å². The van der Waals surface area contributed by atoms with E-state index in [0.29, 0.717) is 41.8 Å². The van der Waals surface area contributed by atoms with Gasteiger partial charge in [0.25, 0.3) is 0 Å². The van der Waals surface area contributed by atoms with Crippen LogP contribution in [0.5, 0.6) is 17.4 Å². The SMILES string of the molecule is CCOc1cc(OCC)c2nn(CC(=O)c3cc(OCCO)cc(C(C)(C)C)c3)c(=N)n2n1. The first-order chi connectivity index (χ1) is 15.7. The Bertz CT molecular complexity index is 1190. The van der Waals surface area contributed by atoms with Crippen LogP contribution in [0, 0.1) is 5.41 Å². The van der Waals surface area contributed by atoms with Crippen LogP contribution in [0.3, 0.4) is 0 Å². The van der Waals surface area contributed by atoms with Crippen molar-refractivity contribution in [3.05, 3.63) is 41.0 Å². The summed E-state index contributed by atoms with van der Waals surface area (Å²) in [5.41, 5.74) is 1.40. The zero-order valence-electron chi connectivity index (χ0n) is 19.7. The molecule has 0 spiro atoms. The average molecular weight is 458 g/mol. The molecule has 10 heteroatoms. The van der Waals surface area contributed by atoms with E-state index in [0.717, 1.165) is 5.56 Å². The molecule has 0 aliphatic carbocycles. The second-order valence-electron chi connectivity index (χ2n) is 8.42. The lowest BCUT2D eigenvalue weighted by Crippen LogP contribution is -2.26. The second kappa shape index (κ2) is 10.0. The molecule has 0 aliphatic heterocycles. The van der Waals surface area contributed by atoms with Crippen LogP contribution in [0.25, 0.3) is 5.65 Å². The predicted octanol–water partition coefficient (Wildman–Crippen LogP) is 2.36. The first kappa shape index (κ1) is 24.2. The highest BCUT2D eigenvalue weighted by Crippen LogP contribution is 2.28. The Morgan fingerprint density at radius 2 is 1.79 bits per heavy atom. The van der Waals surface area contributed by atoms with Crippen LogP contribution in [-0.2, 0) is 12.0 Å². The number of rotatable bonds is 10. The summed E-state index contributed by atoms with van der Waals surface area (Å²) in [5, 5.41) is 26.3. The number of carbonyl (C=O) groups excluding carboxylic acids is 1. The molecule has 3 rings (SSSR count). The molecule has 178 valence electrons. The van der Waals surface area contributed by atoms with Gasteiger partial charge in [-0.05, 0) is 43.0 Å². The molecule has 0 atom stereocenters. The highest BCUT2D eigenvalue weighted by atomic mass is 16.5. The molecule has 3 aromatic rings. The van der Waals surface area contributed by atoms with E-state index in [4.69, 9.17) is 24.7 Å². The van der Waals surface area contributed by atoms with Crippen LogP contribution in [0.2, 0.25) is 0 Å². The lowest BCUT2D eigenvalue weighted by molar-refractivity contribution is 0.0965. The molecular weight excluding hydrogens is 426 g/mol. The third-order valence-corrected chi connectivity index (χ3v) is 4.87. The summed E-state index contributed by atoms with van der Waals surface area (Å²) in [5.74, 6) is 0.999. The van der Waals surface area contributed by atoms with Crippen LogP contribution >= 0.6 is 0 Å². The maximum atomic E-state index is 13.2. The molecule has 33 heavy (non-hydrogen) atoms. The highest BCUT2D eigenvalue weighted by Gasteiger charge is 2.20. The van der Waals surface area contributed by atoms with Crippen molar-refractivity contribution in [2.45, 2.75) is 46.6 Å². The Labute approximate surface area is 192 Å². The smallest absolute Gasteiger partial charge is 0.242 e. The standard InChI is InChI=1S/C23H31N5O5/c1-6-31-19-13-20(32-7-2)25-28-21(19)26-27(22(28)24)14-18(30)15-10-16(23(3,4)5)12-17(11-15)33-9-8-29/h10-13,24,29H,6-9,14H2,1-5H3. The van der Waals surface area contributed by atoms with E-state index in [1.807, 2.05) is 46.8 Å². The molecule has 0 amide bonds. The van der Waals surface area contributed by atoms with Crippen molar-refractivity contribution in [1.82, 2.24) is 19.4 Å². The summed E-state index contributed by atoms with van der Waals surface area (Å²) in [4.78, 5) is 13.2. The van der Waals surface area contributed by atoms with E-state index in [2.05, 4.69) is 10.2 Å². The van der Waals surface area contributed by atoms with Crippen molar-refractivity contribution in [2.24, 2.45) is 0 Å². The molecular formula is C23H31N5O5. The topological polar surface area (TPSA) is 124 Å². The molecule has 0 aliphatic rings. The summed E-state index contributed by atoms with van der Waals surface area (Å²) in [6.07, 6.45) is 0. The fourth-order valence-corrected chi connectivity index (χ4v) is 3.22. The Morgan fingerprint density at radius 1 is 1.06 bits per heavy atom. The van der Waals surface area contributed by atoms with Gasteiger partial charge in [0.05, 0.1) is 19.8 Å². The number of carbonyl (C=O) groups is 1. The van der Waals surface area contributed by atoms with E-state index in [-0.39, 0.29) is 36.6 Å². The maximum absolute atomic E-state index is 13.2. The number of ether oxygens (including phenoxy) is 3. The molecule has 0 fully saturated rings. The van der Waals surface area contributed by atoms with Gasteiger partial charge in [-0.25, -0.2) is 4.68 Å². The van der Waals surface area contributed by atoms with E-state index < -0.39 is 0 Å². The molecule has 0 bridgehead atoms. The molecule has 0 unspecified atom stereocenters. The summed E-state index contributed by atoms with van der Waals surface area (Å²) in [6, 6.07) is 6.96. The number of hydrogen-bond donors (Lipinski definition) is 2. The van der Waals surface area contributed by atoms with E-state index in [9.17, 15) is 4.79 Å². The van der Waals surface area contributed by atoms with Gasteiger partial charge in [0.2, 0.25) is 17.1 Å². The van der Waals surface area contributed by atoms with Crippen molar-refractivity contribution in [3.8, 4) is 17.4 Å². The minimum atomic E-state index is -0.236. The number of aliphatic hydroxyl groups is 1. The first-order valence-corrected chi connectivity index (χ1v) is 10.9. The number of aliphatic hydroxyl groups excluding tert-OH is 1. The van der Waals surface area contributed by atoms with Gasteiger partial charge < -0.3 is 19.3 Å². The van der Waals surface area contributed by atoms with Gasteiger partial charge in [-0.15, -0.1) is 10.2 Å². The highest BCUT2D eigenvalue weighted by molar-refractivity contribution is 5.96. The van der Waals surface area contributed by atoms with Gasteiger partial charge in [0.15, 0.2) is 11.5 Å². The number of fused-ring (bicyclic) bond motifs is 1. The van der Waals surface area contributed by atoms with Crippen LogP contribution in [-0.4, -0.2) is 56.7 Å². The third kappa shape index (κ3) is 5.51. The number of nitrogens with zero attached hydrogens (tertiary/aromatic N) is 4. The van der Waals surface area contributed by atoms with Gasteiger partial charge in [-0.1, -0.05) is 20.8 Å². The number of nitrogens with one attached hydrogen (secondary N) is 1. The molecule has 2 N–H and O–H groups in total. The molecule has 10 nitrogen and oxygen atoms in total. The zero-order valence-corrected chi connectivity index (χ0v) is 19.7. The summed E-state index contributed by atoms with van der Waals surface area (Å²) in [7, 11) is 0. The van der Waals surface area contributed by atoms with Gasteiger partial charge >= 0.3 is 0 Å².